The lowest BCUT2D eigenvalue weighted by Crippen LogP contribution is -2.09. The first-order chi connectivity index (χ1) is 13.7. The van der Waals surface area contributed by atoms with Gasteiger partial charge in [0.1, 0.15) is 17.3 Å². The topological polar surface area (TPSA) is 67.3 Å². The van der Waals surface area contributed by atoms with E-state index in [4.69, 9.17) is 9.84 Å². The highest BCUT2D eigenvalue weighted by Crippen LogP contribution is 2.30. The van der Waals surface area contributed by atoms with E-state index < -0.39 is 0 Å². The molecule has 1 aromatic heterocycles. The number of benzene rings is 3. The number of nitrogens with one attached hydrogen (secondary N) is 1. The lowest BCUT2D eigenvalue weighted by Gasteiger charge is -2.11. The molecule has 3 aromatic carbocycles. The van der Waals surface area contributed by atoms with E-state index in [1.54, 1.807) is 12.1 Å². The number of anilines is 1. The highest BCUT2D eigenvalue weighted by atomic mass is 19.1. The normalized spacial score (nSPS) is 10.8. The van der Waals surface area contributed by atoms with Crippen molar-refractivity contribution in [3.63, 3.8) is 0 Å². The molecule has 0 amide bonds. The number of aromatic nitrogens is 2. The summed E-state index contributed by atoms with van der Waals surface area (Å²) in [6.07, 6.45) is 0. The summed E-state index contributed by atoms with van der Waals surface area (Å²) in [4.78, 5) is 9.11. The molecule has 6 heteroatoms. The van der Waals surface area contributed by atoms with Crippen LogP contribution in [0.25, 0.3) is 22.2 Å². The van der Waals surface area contributed by atoms with E-state index >= 15 is 0 Å². The molecule has 4 rings (SSSR count). The van der Waals surface area contributed by atoms with E-state index in [9.17, 15) is 4.39 Å². The summed E-state index contributed by atoms with van der Waals surface area (Å²) in [6, 6.07) is 21.2. The Balaban J connectivity index is 1.66. The van der Waals surface area contributed by atoms with Gasteiger partial charge in [-0.25, -0.2) is 14.4 Å². The fraction of sp³-hybridized carbons (Fsp3) is 0.0909. The van der Waals surface area contributed by atoms with Gasteiger partial charge < -0.3 is 15.2 Å². The Kier molecular flexibility index (Phi) is 5.12. The van der Waals surface area contributed by atoms with Gasteiger partial charge in [0, 0.05) is 17.5 Å². The molecule has 0 spiro atoms. The maximum atomic E-state index is 13.0. The van der Waals surface area contributed by atoms with E-state index in [1.807, 2.05) is 48.5 Å². The van der Waals surface area contributed by atoms with Gasteiger partial charge >= 0.3 is 0 Å². The third-order valence-electron chi connectivity index (χ3n) is 4.18. The molecular formula is C22H18FN3O2. The highest BCUT2D eigenvalue weighted by Gasteiger charge is 2.10. The predicted molar refractivity (Wildman–Crippen MR) is 107 cm³/mol. The average Bonchev–Trinajstić information content (AvgIpc) is 2.74. The number of hydrogen-bond acceptors (Lipinski definition) is 5. The van der Waals surface area contributed by atoms with E-state index in [0.29, 0.717) is 24.0 Å². The van der Waals surface area contributed by atoms with E-state index in [0.717, 1.165) is 22.2 Å². The number of para-hydroxylation sites is 1. The second kappa shape index (κ2) is 8.02. The van der Waals surface area contributed by atoms with Crippen LogP contribution >= 0.6 is 0 Å². The van der Waals surface area contributed by atoms with E-state index in [1.165, 1.54) is 12.1 Å². The second-order valence-corrected chi connectivity index (χ2v) is 6.14. The molecule has 0 aliphatic carbocycles. The molecular weight excluding hydrogens is 357 g/mol. The minimum Gasteiger partial charge on any atom is -0.457 e. The molecule has 0 fully saturated rings. The minimum absolute atomic E-state index is 0.000934. The smallest absolute Gasteiger partial charge is 0.223 e. The average molecular weight is 375 g/mol. The summed E-state index contributed by atoms with van der Waals surface area (Å²) >= 11 is 0. The van der Waals surface area contributed by atoms with Crippen molar-refractivity contribution in [2.24, 2.45) is 0 Å². The molecule has 0 saturated heterocycles. The fourth-order valence-corrected chi connectivity index (χ4v) is 2.86. The van der Waals surface area contributed by atoms with Crippen LogP contribution in [0, 0.1) is 5.82 Å². The van der Waals surface area contributed by atoms with Crippen molar-refractivity contribution in [1.82, 2.24) is 9.97 Å². The molecule has 5 nitrogen and oxygen atoms in total. The lowest BCUT2D eigenvalue weighted by molar-refractivity contribution is 0.311. The Morgan fingerprint density at radius 1 is 0.857 bits per heavy atom. The van der Waals surface area contributed by atoms with Gasteiger partial charge in [0.25, 0.3) is 0 Å². The summed E-state index contributed by atoms with van der Waals surface area (Å²) in [5.41, 5.74) is 2.52. The van der Waals surface area contributed by atoms with Gasteiger partial charge in [-0.1, -0.05) is 18.2 Å². The zero-order valence-corrected chi connectivity index (χ0v) is 15.0. The molecule has 0 radical (unpaired) electrons. The zero-order chi connectivity index (χ0) is 19.3. The molecule has 0 aliphatic rings. The van der Waals surface area contributed by atoms with Gasteiger partial charge in [0.15, 0.2) is 0 Å². The van der Waals surface area contributed by atoms with Gasteiger partial charge in [-0.05, 0) is 54.6 Å². The molecule has 0 unspecified atom stereocenters. The molecule has 0 bridgehead atoms. The summed E-state index contributed by atoms with van der Waals surface area (Å²) in [5, 5.41) is 13.0. The van der Waals surface area contributed by atoms with Crippen LogP contribution in [0.15, 0.2) is 72.8 Å². The Morgan fingerprint density at radius 2 is 1.54 bits per heavy atom. The van der Waals surface area contributed by atoms with Gasteiger partial charge in [0.2, 0.25) is 5.95 Å². The van der Waals surface area contributed by atoms with Crippen LogP contribution in [0.1, 0.15) is 0 Å². The van der Waals surface area contributed by atoms with Crippen LogP contribution in [0.4, 0.5) is 10.3 Å². The number of nitrogens with zero attached hydrogens (tertiary/aromatic N) is 2. The van der Waals surface area contributed by atoms with Crippen LogP contribution in [0.3, 0.4) is 0 Å². The van der Waals surface area contributed by atoms with Crippen LogP contribution in [-0.2, 0) is 0 Å². The number of hydrogen-bond donors (Lipinski definition) is 2. The number of aliphatic hydroxyl groups excluding tert-OH is 1. The fourth-order valence-electron chi connectivity index (χ4n) is 2.86. The Labute approximate surface area is 161 Å². The van der Waals surface area contributed by atoms with Crippen molar-refractivity contribution in [1.29, 1.82) is 0 Å². The number of rotatable bonds is 6. The monoisotopic (exact) mass is 375 g/mol. The minimum atomic E-state index is -0.302. The van der Waals surface area contributed by atoms with E-state index in [2.05, 4.69) is 15.3 Å². The molecule has 140 valence electrons. The van der Waals surface area contributed by atoms with Crippen molar-refractivity contribution < 1.29 is 14.2 Å². The maximum Gasteiger partial charge on any atom is 0.223 e. The third kappa shape index (κ3) is 3.92. The Bertz CT molecular complexity index is 1080. The van der Waals surface area contributed by atoms with Crippen LogP contribution < -0.4 is 10.1 Å². The molecule has 1 heterocycles. The highest BCUT2D eigenvalue weighted by molar-refractivity contribution is 5.93. The molecule has 0 aliphatic heterocycles. The number of ether oxygens (including phenoxy) is 1. The van der Waals surface area contributed by atoms with Crippen molar-refractivity contribution in [3.8, 4) is 22.8 Å². The lowest BCUT2D eigenvalue weighted by atomic mass is 10.1. The van der Waals surface area contributed by atoms with Crippen LogP contribution in [0.5, 0.6) is 11.5 Å². The zero-order valence-electron chi connectivity index (χ0n) is 15.0. The molecule has 2 N–H and O–H groups in total. The Morgan fingerprint density at radius 3 is 2.25 bits per heavy atom. The summed E-state index contributed by atoms with van der Waals surface area (Å²) < 4.78 is 18.8. The van der Waals surface area contributed by atoms with Crippen molar-refractivity contribution >= 4 is 16.9 Å². The number of fused-ring (bicyclic) bond motifs is 1. The SMILES string of the molecule is OCCNc1nc(-c2ccc(Oc3ccc(F)cc3)cc2)c2ccccc2n1. The molecule has 0 saturated carbocycles. The van der Waals surface area contributed by atoms with Gasteiger partial charge in [-0.15, -0.1) is 0 Å². The summed E-state index contributed by atoms with van der Waals surface area (Å²) in [7, 11) is 0. The maximum absolute atomic E-state index is 13.0. The molecule has 28 heavy (non-hydrogen) atoms. The largest absolute Gasteiger partial charge is 0.457 e. The standard InChI is InChI=1S/C22H18FN3O2/c23-16-7-11-18(12-8-16)28-17-9-5-15(6-10-17)21-19-3-1-2-4-20(19)25-22(26-21)24-13-14-27/h1-12,27H,13-14H2,(H,24,25,26). The number of aliphatic hydroxyl groups is 1. The first-order valence-electron chi connectivity index (χ1n) is 8.88. The van der Waals surface area contributed by atoms with Crippen molar-refractivity contribution in [2.75, 3.05) is 18.5 Å². The predicted octanol–water partition coefficient (Wildman–Crippen LogP) is 4.63. The summed E-state index contributed by atoms with van der Waals surface area (Å²) in [5.74, 6) is 1.38. The summed E-state index contributed by atoms with van der Waals surface area (Å²) in [6.45, 7) is 0.378. The first-order valence-corrected chi connectivity index (χ1v) is 8.88. The van der Waals surface area contributed by atoms with Crippen LogP contribution in [0.2, 0.25) is 0 Å². The van der Waals surface area contributed by atoms with Crippen LogP contribution in [-0.4, -0.2) is 28.2 Å². The number of halogens is 1. The van der Waals surface area contributed by atoms with E-state index in [-0.39, 0.29) is 12.4 Å². The van der Waals surface area contributed by atoms with Gasteiger partial charge in [-0.2, -0.15) is 0 Å². The third-order valence-corrected chi connectivity index (χ3v) is 4.18. The van der Waals surface area contributed by atoms with Crippen molar-refractivity contribution in [2.45, 2.75) is 0 Å². The van der Waals surface area contributed by atoms with Gasteiger partial charge in [-0.3, -0.25) is 0 Å². The second-order valence-electron chi connectivity index (χ2n) is 6.14. The molecule has 0 atom stereocenters. The van der Waals surface area contributed by atoms with Gasteiger partial charge in [0.05, 0.1) is 17.8 Å². The first kappa shape index (κ1) is 17.9. The van der Waals surface area contributed by atoms with Crippen molar-refractivity contribution in [3.05, 3.63) is 78.6 Å². The molecule has 4 aromatic rings. The Hall–Kier alpha value is -3.51. The quantitative estimate of drug-likeness (QED) is 0.514.